The number of rotatable bonds is 3. The van der Waals surface area contributed by atoms with Crippen LogP contribution in [0.4, 0.5) is 0 Å². The maximum Gasteiger partial charge on any atom is 0.325 e. The van der Waals surface area contributed by atoms with Crippen LogP contribution >= 0.6 is 11.6 Å². The van der Waals surface area contributed by atoms with Gasteiger partial charge in [0.05, 0.1) is 18.3 Å². The number of methoxy groups -OCH3 is 1. The number of esters is 1. The van der Waals surface area contributed by atoms with E-state index in [0.29, 0.717) is 0 Å². The van der Waals surface area contributed by atoms with E-state index < -0.39 is 11.9 Å². The molecule has 1 heterocycles. The molecule has 0 bridgehead atoms. The number of halogens is 1. The maximum atomic E-state index is 11.3. The van der Waals surface area contributed by atoms with Crippen molar-refractivity contribution in [2.75, 3.05) is 13.7 Å². The summed E-state index contributed by atoms with van der Waals surface area (Å²) in [5.41, 5.74) is 0.121. The van der Waals surface area contributed by atoms with Crippen molar-refractivity contribution >= 4 is 23.5 Å². The smallest absolute Gasteiger partial charge is 0.325 e. The SMILES string of the molecule is COC(=O)CNC(=O)c1[nH]ncc1Cl. The highest BCUT2D eigenvalue weighted by Crippen LogP contribution is 2.10. The number of H-pyrrole nitrogens is 1. The number of hydrogen-bond acceptors (Lipinski definition) is 4. The number of ether oxygens (including phenoxy) is 1. The van der Waals surface area contributed by atoms with Gasteiger partial charge in [0.1, 0.15) is 12.2 Å². The summed E-state index contributed by atoms with van der Waals surface area (Å²) in [7, 11) is 1.23. The van der Waals surface area contributed by atoms with Crippen LogP contribution in [-0.4, -0.2) is 35.7 Å². The predicted octanol–water partition coefficient (Wildman–Crippen LogP) is -0.0341. The van der Waals surface area contributed by atoms with Crippen LogP contribution in [0.2, 0.25) is 5.02 Å². The second kappa shape index (κ2) is 4.61. The Morgan fingerprint density at radius 2 is 2.43 bits per heavy atom. The van der Waals surface area contributed by atoms with E-state index in [1.165, 1.54) is 13.3 Å². The molecule has 76 valence electrons. The minimum absolute atomic E-state index is 0.121. The third-order valence-electron chi connectivity index (χ3n) is 1.44. The minimum atomic E-state index is -0.533. The van der Waals surface area contributed by atoms with Gasteiger partial charge in [0, 0.05) is 0 Å². The Labute approximate surface area is 84.6 Å². The van der Waals surface area contributed by atoms with Crippen molar-refractivity contribution in [3.05, 3.63) is 16.9 Å². The summed E-state index contributed by atoms with van der Waals surface area (Å²) in [5, 5.41) is 8.47. The summed E-state index contributed by atoms with van der Waals surface area (Å²) < 4.78 is 4.34. The number of nitrogens with one attached hydrogen (secondary N) is 2. The first-order chi connectivity index (χ1) is 6.65. The van der Waals surface area contributed by atoms with Crippen LogP contribution in [-0.2, 0) is 9.53 Å². The Morgan fingerprint density at radius 3 is 2.93 bits per heavy atom. The van der Waals surface area contributed by atoms with Crippen LogP contribution in [0.1, 0.15) is 10.5 Å². The van der Waals surface area contributed by atoms with Crippen molar-refractivity contribution in [3.8, 4) is 0 Å². The normalized spacial score (nSPS) is 9.57. The molecule has 7 heteroatoms. The molecule has 1 aromatic heterocycles. The zero-order valence-electron chi connectivity index (χ0n) is 7.33. The first kappa shape index (κ1) is 10.5. The van der Waals surface area contributed by atoms with E-state index >= 15 is 0 Å². The molecule has 0 radical (unpaired) electrons. The van der Waals surface area contributed by atoms with Gasteiger partial charge in [-0.05, 0) is 0 Å². The van der Waals surface area contributed by atoms with Gasteiger partial charge in [-0.25, -0.2) is 0 Å². The van der Waals surface area contributed by atoms with Crippen LogP contribution in [0, 0.1) is 0 Å². The highest BCUT2D eigenvalue weighted by Gasteiger charge is 2.12. The van der Waals surface area contributed by atoms with Crippen LogP contribution in [0.3, 0.4) is 0 Å². The standard InChI is InChI=1S/C7H8ClN3O3/c1-14-5(12)3-9-7(13)6-4(8)2-10-11-6/h2H,3H2,1H3,(H,9,13)(H,10,11). The summed E-state index contributed by atoms with van der Waals surface area (Å²) >= 11 is 5.61. The zero-order chi connectivity index (χ0) is 10.6. The number of carbonyl (C=O) groups excluding carboxylic acids is 2. The quantitative estimate of drug-likeness (QED) is 0.697. The summed E-state index contributed by atoms with van der Waals surface area (Å²) in [6.07, 6.45) is 1.30. The number of amides is 1. The summed E-state index contributed by atoms with van der Waals surface area (Å²) in [4.78, 5) is 21.9. The Morgan fingerprint density at radius 1 is 1.71 bits per heavy atom. The molecule has 1 aromatic rings. The average Bonchev–Trinajstić information content (AvgIpc) is 2.60. The number of aromatic amines is 1. The van der Waals surface area contributed by atoms with Crippen molar-refractivity contribution in [2.45, 2.75) is 0 Å². The van der Waals surface area contributed by atoms with Gasteiger partial charge in [-0.15, -0.1) is 0 Å². The molecule has 2 N–H and O–H groups in total. The number of carbonyl (C=O) groups is 2. The van der Waals surface area contributed by atoms with Crippen LogP contribution in [0.5, 0.6) is 0 Å². The molecular formula is C7H8ClN3O3. The summed E-state index contributed by atoms with van der Waals surface area (Å²) in [6.45, 7) is -0.204. The molecule has 0 atom stereocenters. The number of aromatic nitrogens is 2. The van der Waals surface area contributed by atoms with Gasteiger partial charge in [0.2, 0.25) is 0 Å². The molecule has 0 saturated carbocycles. The van der Waals surface area contributed by atoms with Crippen molar-refractivity contribution < 1.29 is 14.3 Å². The molecule has 0 aliphatic heterocycles. The molecule has 0 fully saturated rings. The van der Waals surface area contributed by atoms with Crippen LogP contribution in [0.15, 0.2) is 6.20 Å². The van der Waals surface area contributed by atoms with Crippen molar-refractivity contribution in [2.24, 2.45) is 0 Å². The summed E-state index contributed by atoms with van der Waals surface area (Å²) in [6, 6.07) is 0. The minimum Gasteiger partial charge on any atom is -0.468 e. The Hall–Kier alpha value is -1.56. The first-order valence-electron chi connectivity index (χ1n) is 3.69. The molecule has 0 aliphatic rings. The van der Waals surface area contributed by atoms with Gasteiger partial charge in [-0.3, -0.25) is 14.7 Å². The van der Waals surface area contributed by atoms with Gasteiger partial charge in [0.25, 0.3) is 5.91 Å². The fourth-order valence-electron chi connectivity index (χ4n) is 0.744. The Kier molecular flexibility index (Phi) is 3.47. The van der Waals surface area contributed by atoms with E-state index in [-0.39, 0.29) is 17.3 Å². The molecule has 14 heavy (non-hydrogen) atoms. The van der Waals surface area contributed by atoms with E-state index in [9.17, 15) is 9.59 Å². The average molecular weight is 218 g/mol. The van der Waals surface area contributed by atoms with Crippen LogP contribution < -0.4 is 5.32 Å². The third kappa shape index (κ3) is 2.46. The number of nitrogens with zero attached hydrogens (tertiary/aromatic N) is 1. The van der Waals surface area contributed by atoms with E-state index in [1.807, 2.05) is 0 Å². The molecule has 1 rings (SSSR count). The molecule has 0 unspecified atom stereocenters. The molecule has 0 saturated heterocycles. The van der Waals surface area contributed by atoms with E-state index in [0.717, 1.165) is 0 Å². The molecule has 1 amide bonds. The van der Waals surface area contributed by atoms with E-state index in [4.69, 9.17) is 11.6 Å². The predicted molar refractivity (Wildman–Crippen MR) is 47.9 cm³/mol. The lowest BCUT2D eigenvalue weighted by atomic mass is 10.4. The molecule has 0 aliphatic carbocycles. The third-order valence-corrected chi connectivity index (χ3v) is 1.73. The highest BCUT2D eigenvalue weighted by molar-refractivity contribution is 6.33. The lowest BCUT2D eigenvalue weighted by molar-refractivity contribution is -0.139. The summed E-state index contributed by atoms with van der Waals surface area (Å²) in [5.74, 6) is -1.04. The first-order valence-corrected chi connectivity index (χ1v) is 4.07. The van der Waals surface area contributed by atoms with Gasteiger partial charge in [0.15, 0.2) is 0 Å². The van der Waals surface area contributed by atoms with E-state index in [2.05, 4.69) is 20.3 Å². The second-order valence-corrected chi connectivity index (χ2v) is 2.76. The van der Waals surface area contributed by atoms with Crippen molar-refractivity contribution in [3.63, 3.8) is 0 Å². The van der Waals surface area contributed by atoms with Gasteiger partial charge in [-0.2, -0.15) is 5.10 Å². The molecular weight excluding hydrogens is 210 g/mol. The largest absolute Gasteiger partial charge is 0.468 e. The van der Waals surface area contributed by atoms with Crippen molar-refractivity contribution in [1.29, 1.82) is 0 Å². The van der Waals surface area contributed by atoms with Gasteiger partial charge >= 0.3 is 5.97 Å². The zero-order valence-corrected chi connectivity index (χ0v) is 8.09. The second-order valence-electron chi connectivity index (χ2n) is 2.35. The Bertz CT molecular complexity index is 350. The van der Waals surface area contributed by atoms with Crippen LogP contribution in [0.25, 0.3) is 0 Å². The van der Waals surface area contributed by atoms with E-state index in [1.54, 1.807) is 0 Å². The monoisotopic (exact) mass is 217 g/mol. The van der Waals surface area contributed by atoms with Crippen molar-refractivity contribution in [1.82, 2.24) is 15.5 Å². The van der Waals surface area contributed by atoms with Gasteiger partial charge in [-0.1, -0.05) is 11.6 Å². The fourth-order valence-corrected chi connectivity index (χ4v) is 0.921. The fraction of sp³-hybridized carbons (Fsp3) is 0.286. The molecule has 6 nitrogen and oxygen atoms in total. The maximum absolute atomic E-state index is 11.3. The molecule has 0 aromatic carbocycles. The number of hydrogen-bond donors (Lipinski definition) is 2. The topological polar surface area (TPSA) is 84.1 Å². The Balaban J connectivity index is 2.52. The van der Waals surface area contributed by atoms with Gasteiger partial charge < -0.3 is 10.1 Å². The molecule has 0 spiro atoms. The lowest BCUT2D eigenvalue weighted by Crippen LogP contribution is -2.30. The highest BCUT2D eigenvalue weighted by atomic mass is 35.5. The lowest BCUT2D eigenvalue weighted by Gasteiger charge is -2.01.